The first-order valence-electron chi connectivity index (χ1n) is 6.68. The zero-order chi connectivity index (χ0) is 18.1. The number of alkyl halides is 3. The number of hydrogen-bond donors (Lipinski definition) is 1. The number of anilines is 1. The van der Waals surface area contributed by atoms with Gasteiger partial charge in [-0.25, -0.2) is 8.42 Å². The van der Waals surface area contributed by atoms with Crippen LogP contribution in [0, 0.1) is 6.92 Å². The number of aryl methyl sites for hydroxylation is 1. The van der Waals surface area contributed by atoms with Gasteiger partial charge in [0.15, 0.2) is 15.5 Å². The molecule has 0 aliphatic heterocycles. The highest BCUT2D eigenvalue weighted by molar-refractivity contribution is 7.90. The van der Waals surface area contributed by atoms with Gasteiger partial charge in [0, 0.05) is 18.1 Å². The van der Waals surface area contributed by atoms with Gasteiger partial charge in [-0.15, -0.1) is 0 Å². The summed E-state index contributed by atoms with van der Waals surface area (Å²) in [5.41, 5.74) is -0.205. The van der Waals surface area contributed by atoms with Crippen molar-refractivity contribution < 1.29 is 26.4 Å². The Morgan fingerprint density at radius 2 is 1.96 bits per heavy atom. The van der Waals surface area contributed by atoms with Gasteiger partial charge in [-0.2, -0.15) is 18.3 Å². The lowest BCUT2D eigenvalue weighted by molar-refractivity contribution is -0.141. The predicted octanol–water partition coefficient (Wildman–Crippen LogP) is 2.25. The van der Waals surface area contributed by atoms with E-state index in [-0.39, 0.29) is 10.6 Å². The van der Waals surface area contributed by atoms with Crippen molar-refractivity contribution in [2.24, 2.45) is 0 Å². The fraction of sp³-hybridized carbons (Fsp3) is 0.286. The Kier molecular flexibility index (Phi) is 4.70. The molecule has 10 heteroatoms. The lowest BCUT2D eigenvalue weighted by Gasteiger charge is -2.10. The number of nitrogens with zero attached hydrogens (tertiary/aromatic N) is 2. The second kappa shape index (κ2) is 6.27. The molecule has 0 fully saturated rings. The first kappa shape index (κ1) is 18.0. The molecule has 1 aromatic carbocycles. The molecule has 0 spiro atoms. The predicted molar refractivity (Wildman–Crippen MR) is 80.1 cm³/mol. The summed E-state index contributed by atoms with van der Waals surface area (Å²) < 4.78 is 61.3. The molecule has 0 radical (unpaired) electrons. The Hall–Kier alpha value is -2.36. The summed E-state index contributed by atoms with van der Waals surface area (Å²) in [5, 5.41) is 5.75. The number of rotatable bonds is 4. The van der Waals surface area contributed by atoms with Gasteiger partial charge in [-0.3, -0.25) is 9.48 Å². The quantitative estimate of drug-likeness (QED) is 0.906. The lowest BCUT2D eigenvalue weighted by atomic mass is 10.2. The number of hydrogen-bond acceptors (Lipinski definition) is 4. The van der Waals surface area contributed by atoms with Gasteiger partial charge in [0.1, 0.15) is 6.54 Å². The number of carbonyl (C=O) groups excluding carboxylic acids is 1. The first-order chi connectivity index (χ1) is 11.0. The van der Waals surface area contributed by atoms with E-state index < -0.39 is 34.2 Å². The fourth-order valence-corrected chi connectivity index (χ4v) is 2.55. The number of sulfone groups is 1. The van der Waals surface area contributed by atoms with Crippen LogP contribution in [-0.4, -0.2) is 30.4 Å². The SMILES string of the molecule is Cc1ccc(S(C)(=O)=O)cc1NC(=O)Cn1ccc(C(F)(F)F)n1. The molecule has 24 heavy (non-hydrogen) atoms. The van der Waals surface area contributed by atoms with Crippen molar-refractivity contribution in [3.8, 4) is 0 Å². The van der Waals surface area contributed by atoms with Gasteiger partial charge in [0.2, 0.25) is 5.91 Å². The average molecular weight is 361 g/mol. The van der Waals surface area contributed by atoms with Crippen molar-refractivity contribution in [3.63, 3.8) is 0 Å². The van der Waals surface area contributed by atoms with Crippen molar-refractivity contribution >= 4 is 21.4 Å². The molecule has 0 saturated heterocycles. The van der Waals surface area contributed by atoms with E-state index in [1.807, 2.05) is 0 Å². The second-order valence-electron chi connectivity index (χ2n) is 5.19. The molecule has 1 aromatic heterocycles. The maximum atomic E-state index is 12.5. The van der Waals surface area contributed by atoms with Crippen LogP contribution in [0.1, 0.15) is 11.3 Å². The van der Waals surface area contributed by atoms with Crippen LogP contribution in [0.5, 0.6) is 0 Å². The summed E-state index contributed by atoms with van der Waals surface area (Å²) in [6, 6.07) is 5.00. The topological polar surface area (TPSA) is 81.1 Å². The smallest absolute Gasteiger partial charge is 0.324 e. The molecule has 0 unspecified atom stereocenters. The van der Waals surface area contributed by atoms with Crippen LogP contribution >= 0.6 is 0 Å². The van der Waals surface area contributed by atoms with Crippen LogP contribution in [0.3, 0.4) is 0 Å². The van der Waals surface area contributed by atoms with Gasteiger partial charge in [-0.1, -0.05) is 6.07 Å². The summed E-state index contributed by atoms with van der Waals surface area (Å²) in [6.45, 7) is 1.23. The third kappa shape index (κ3) is 4.34. The van der Waals surface area contributed by atoms with E-state index in [1.54, 1.807) is 6.92 Å². The van der Waals surface area contributed by atoms with Crippen molar-refractivity contribution in [2.45, 2.75) is 24.5 Å². The van der Waals surface area contributed by atoms with Gasteiger partial charge in [0.25, 0.3) is 0 Å². The van der Waals surface area contributed by atoms with Gasteiger partial charge < -0.3 is 5.32 Å². The minimum absolute atomic E-state index is 0.0295. The number of carbonyl (C=O) groups is 1. The Morgan fingerprint density at radius 3 is 2.50 bits per heavy atom. The van der Waals surface area contributed by atoms with Crippen LogP contribution in [0.15, 0.2) is 35.4 Å². The Balaban J connectivity index is 2.14. The molecular weight excluding hydrogens is 347 g/mol. The molecular formula is C14H14F3N3O3S. The van der Waals surface area contributed by atoms with Crippen molar-refractivity contribution in [2.75, 3.05) is 11.6 Å². The average Bonchev–Trinajstić information content (AvgIpc) is 2.88. The van der Waals surface area contributed by atoms with Crippen molar-refractivity contribution in [1.82, 2.24) is 9.78 Å². The minimum Gasteiger partial charge on any atom is -0.324 e. The molecule has 130 valence electrons. The van der Waals surface area contributed by atoms with E-state index in [4.69, 9.17) is 0 Å². The van der Waals surface area contributed by atoms with Crippen molar-refractivity contribution in [1.29, 1.82) is 0 Å². The molecule has 2 aromatic rings. The molecule has 1 amide bonds. The number of nitrogens with one attached hydrogen (secondary N) is 1. The van der Waals surface area contributed by atoms with Crippen LogP contribution in [0.25, 0.3) is 0 Å². The standard InChI is InChI=1S/C14H14F3N3O3S/c1-9-3-4-10(24(2,22)23)7-11(9)18-13(21)8-20-6-5-12(19-20)14(15,16)17/h3-7H,8H2,1-2H3,(H,18,21). The Bertz CT molecular complexity index is 873. The zero-order valence-corrected chi connectivity index (χ0v) is 13.6. The van der Waals surface area contributed by atoms with Gasteiger partial charge in [-0.05, 0) is 30.7 Å². The second-order valence-corrected chi connectivity index (χ2v) is 7.21. The van der Waals surface area contributed by atoms with Crippen LogP contribution in [0.4, 0.5) is 18.9 Å². The Labute approximate surface area is 136 Å². The number of aromatic nitrogens is 2. The zero-order valence-electron chi connectivity index (χ0n) is 12.8. The van der Waals surface area contributed by atoms with Gasteiger partial charge >= 0.3 is 6.18 Å². The number of benzene rings is 1. The molecule has 0 bridgehead atoms. The lowest BCUT2D eigenvalue weighted by Crippen LogP contribution is -2.20. The summed E-state index contributed by atoms with van der Waals surface area (Å²) in [7, 11) is -3.44. The Morgan fingerprint density at radius 1 is 1.29 bits per heavy atom. The molecule has 1 N–H and O–H groups in total. The minimum atomic E-state index is -4.58. The van der Waals surface area contributed by atoms with E-state index in [0.29, 0.717) is 5.56 Å². The highest BCUT2D eigenvalue weighted by Gasteiger charge is 2.33. The molecule has 6 nitrogen and oxygen atoms in total. The van der Waals surface area contributed by atoms with E-state index in [2.05, 4.69) is 10.4 Å². The molecule has 0 atom stereocenters. The number of halogens is 3. The maximum Gasteiger partial charge on any atom is 0.435 e. The highest BCUT2D eigenvalue weighted by Crippen LogP contribution is 2.27. The molecule has 0 saturated carbocycles. The van der Waals surface area contributed by atoms with E-state index in [0.717, 1.165) is 23.2 Å². The molecule has 2 rings (SSSR count). The monoisotopic (exact) mass is 361 g/mol. The first-order valence-corrected chi connectivity index (χ1v) is 8.57. The normalized spacial score (nSPS) is 12.2. The number of amides is 1. The third-order valence-corrected chi connectivity index (χ3v) is 4.26. The summed E-state index contributed by atoms with van der Waals surface area (Å²) >= 11 is 0. The highest BCUT2D eigenvalue weighted by atomic mass is 32.2. The van der Waals surface area contributed by atoms with Gasteiger partial charge in [0.05, 0.1) is 4.90 Å². The summed E-state index contributed by atoms with van der Waals surface area (Å²) in [4.78, 5) is 12.0. The van der Waals surface area contributed by atoms with Crippen LogP contribution < -0.4 is 5.32 Å². The summed E-state index contributed by atoms with van der Waals surface area (Å²) in [5.74, 6) is -0.624. The van der Waals surface area contributed by atoms with Crippen LogP contribution in [0.2, 0.25) is 0 Å². The molecule has 1 heterocycles. The fourth-order valence-electron chi connectivity index (χ4n) is 1.90. The largest absolute Gasteiger partial charge is 0.435 e. The van der Waals surface area contributed by atoms with Crippen molar-refractivity contribution in [3.05, 3.63) is 41.7 Å². The molecule has 0 aliphatic carbocycles. The maximum absolute atomic E-state index is 12.5. The molecule has 0 aliphatic rings. The van der Waals surface area contributed by atoms with Crippen LogP contribution in [-0.2, 0) is 27.4 Å². The van der Waals surface area contributed by atoms with E-state index >= 15 is 0 Å². The van der Waals surface area contributed by atoms with E-state index in [9.17, 15) is 26.4 Å². The third-order valence-electron chi connectivity index (χ3n) is 3.15. The van der Waals surface area contributed by atoms with E-state index in [1.165, 1.54) is 18.2 Å². The summed E-state index contributed by atoms with van der Waals surface area (Å²) in [6.07, 6.45) is -2.50.